The van der Waals surface area contributed by atoms with Crippen LogP contribution in [0.15, 0.2) is 36.0 Å². The van der Waals surface area contributed by atoms with Crippen molar-refractivity contribution in [2.45, 2.75) is 70.5 Å². The molecule has 0 bridgehead atoms. The van der Waals surface area contributed by atoms with Gasteiger partial charge in [-0.15, -0.1) is 0 Å². The van der Waals surface area contributed by atoms with Gasteiger partial charge in [0.2, 0.25) is 0 Å². The van der Waals surface area contributed by atoms with Crippen LogP contribution in [0, 0.1) is 28.6 Å². The Hall–Kier alpha value is -1.68. The van der Waals surface area contributed by atoms with E-state index in [2.05, 4.69) is 19.9 Å². The van der Waals surface area contributed by atoms with Gasteiger partial charge in [-0.05, 0) is 74.9 Å². The van der Waals surface area contributed by atoms with Crippen molar-refractivity contribution in [3.8, 4) is 0 Å². The molecular weight excluding hydrogens is 352 g/mol. The first kappa shape index (κ1) is 18.4. The molecule has 4 fully saturated rings. The molecule has 5 aliphatic rings. The minimum absolute atomic E-state index is 0.0408. The number of hydrogen-bond acceptors (Lipinski definition) is 3. The van der Waals surface area contributed by atoms with Gasteiger partial charge in [-0.25, -0.2) is 4.79 Å². The first-order chi connectivity index (χ1) is 13.3. The molecule has 4 nitrogen and oxygen atoms in total. The summed E-state index contributed by atoms with van der Waals surface area (Å²) >= 11 is 0. The molecule has 28 heavy (non-hydrogen) atoms. The monoisotopic (exact) mass is 382 g/mol. The second-order valence-corrected chi connectivity index (χ2v) is 10.1. The predicted octanol–water partition coefficient (Wildman–Crippen LogP) is 4.46. The van der Waals surface area contributed by atoms with E-state index in [1.807, 2.05) is 6.08 Å². The van der Waals surface area contributed by atoms with Crippen LogP contribution in [0.5, 0.6) is 0 Å². The lowest BCUT2D eigenvalue weighted by Crippen LogP contribution is -2.51. The summed E-state index contributed by atoms with van der Waals surface area (Å²) in [6, 6.07) is 0. The summed E-state index contributed by atoms with van der Waals surface area (Å²) in [7, 11) is 0. The normalized spacial score (nSPS) is 48.9. The number of fused-ring (bicyclic) bond motifs is 6. The van der Waals surface area contributed by atoms with Gasteiger partial charge < -0.3 is 9.84 Å². The van der Waals surface area contributed by atoms with Crippen LogP contribution >= 0.6 is 0 Å². The zero-order valence-electron chi connectivity index (χ0n) is 16.8. The average molecular weight is 383 g/mol. The third-order valence-corrected chi connectivity index (χ3v) is 9.17. The third-order valence-electron chi connectivity index (χ3n) is 9.17. The largest absolute Gasteiger partial charge is 0.478 e. The number of ether oxygens (including phenoxy) is 1. The molecule has 4 aliphatic carbocycles. The molecule has 1 saturated heterocycles. The smallest absolute Gasteiger partial charge is 0.327 e. The number of aliphatic carboxylic acids is 1. The van der Waals surface area contributed by atoms with Crippen molar-refractivity contribution < 1.29 is 19.4 Å². The Morgan fingerprint density at radius 2 is 2.04 bits per heavy atom. The van der Waals surface area contributed by atoms with Gasteiger partial charge in [0.05, 0.1) is 6.10 Å². The van der Waals surface area contributed by atoms with Gasteiger partial charge in [-0.3, -0.25) is 4.79 Å². The van der Waals surface area contributed by atoms with Gasteiger partial charge in [-0.1, -0.05) is 31.6 Å². The predicted molar refractivity (Wildman–Crippen MR) is 106 cm³/mol. The molecule has 5 rings (SSSR count). The number of carboxylic acids is 1. The van der Waals surface area contributed by atoms with Crippen molar-refractivity contribution in [1.29, 1.82) is 0 Å². The lowest BCUT2D eigenvalue weighted by Gasteiger charge is -2.56. The molecule has 0 unspecified atom stereocenters. The molecule has 1 spiro atoms. The maximum absolute atomic E-state index is 11.9. The summed E-state index contributed by atoms with van der Waals surface area (Å²) in [6.45, 7) is 4.79. The highest BCUT2D eigenvalue weighted by Crippen LogP contribution is 2.72. The lowest BCUT2D eigenvalue weighted by atomic mass is 9.47. The number of ketones is 1. The van der Waals surface area contributed by atoms with Gasteiger partial charge >= 0.3 is 5.97 Å². The van der Waals surface area contributed by atoms with Gasteiger partial charge in [0.25, 0.3) is 0 Å². The van der Waals surface area contributed by atoms with Crippen molar-refractivity contribution in [3.05, 3.63) is 36.0 Å². The maximum Gasteiger partial charge on any atom is 0.327 e. The van der Waals surface area contributed by atoms with Crippen LogP contribution in [0.3, 0.4) is 0 Å². The van der Waals surface area contributed by atoms with E-state index in [1.54, 1.807) is 12.2 Å². The van der Waals surface area contributed by atoms with E-state index in [1.165, 1.54) is 37.3 Å². The van der Waals surface area contributed by atoms with E-state index in [0.29, 0.717) is 24.2 Å². The Morgan fingerprint density at radius 3 is 2.82 bits per heavy atom. The number of hydrogen-bond donors (Lipinski definition) is 1. The van der Waals surface area contributed by atoms with E-state index in [4.69, 9.17) is 9.84 Å². The number of allylic oxidation sites excluding steroid dienone is 4. The van der Waals surface area contributed by atoms with Crippen molar-refractivity contribution >= 4 is 11.8 Å². The Bertz CT molecular complexity index is 822. The Morgan fingerprint density at radius 1 is 1.25 bits per heavy atom. The molecule has 0 radical (unpaired) electrons. The second kappa shape index (κ2) is 5.91. The molecule has 7 atom stereocenters. The van der Waals surface area contributed by atoms with Crippen molar-refractivity contribution in [2.24, 2.45) is 28.6 Å². The number of carbonyl (C=O) groups is 2. The Balaban J connectivity index is 1.38. The highest BCUT2D eigenvalue weighted by molar-refractivity contribution is 6.01. The molecule has 0 aromatic carbocycles. The van der Waals surface area contributed by atoms with Crippen LogP contribution in [-0.2, 0) is 14.3 Å². The van der Waals surface area contributed by atoms with Gasteiger partial charge in [-0.2, -0.15) is 0 Å². The highest BCUT2D eigenvalue weighted by atomic mass is 16.6. The van der Waals surface area contributed by atoms with E-state index in [0.717, 1.165) is 12.8 Å². The minimum atomic E-state index is -0.885. The fraction of sp³-hybridized carbons (Fsp3) is 0.667. The summed E-state index contributed by atoms with van der Waals surface area (Å²) in [5.74, 6) is 1.25. The molecule has 1 N–H and O–H groups in total. The molecule has 1 aliphatic heterocycles. The number of carbonyl (C=O) groups excluding carboxylic acids is 1. The fourth-order valence-corrected chi connectivity index (χ4v) is 7.70. The van der Waals surface area contributed by atoms with Crippen LogP contribution in [0.4, 0.5) is 0 Å². The third kappa shape index (κ3) is 2.33. The van der Waals surface area contributed by atoms with E-state index < -0.39 is 5.97 Å². The first-order valence-electron chi connectivity index (χ1n) is 10.8. The second-order valence-electron chi connectivity index (χ2n) is 10.1. The molecular formula is C24H30O4. The molecule has 3 saturated carbocycles. The molecule has 4 heteroatoms. The molecule has 0 amide bonds. The van der Waals surface area contributed by atoms with Crippen LogP contribution in [-0.4, -0.2) is 28.6 Å². The van der Waals surface area contributed by atoms with Gasteiger partial charge in [0.15, 0.2) is 5.78 Å². The van der Waals surface area contributed by atoms with Crippen molar-refractivity contribution in [3.63, 3.8) is 0 Å². The number of carboxylic acid groups (broad SMARTS) is 1. The summed E-state index contributed by atoms with van der Waals surface area (Å²) in [6.07, 6.45) is 16.7. The standard InChI is InChI=1S/C24H30O4/c1-22-11-8-16(25)14-15(22)6-7-17-18(22)9-12-23(2)19(17)10-13-24(23)20(28-24)4-3-5-21(26)27/h3,5,8,11,14,17-20H,4,6-7,9-10,12-13H2,1-2H3,(H,26,27)/t17-,18+,19+,20-,22+,23+,24+/m1/s1. The van der Waals surface area contributed by atoms with Crippen LogP contribution in [0.1, 0.15) is 58.8 Å². The van der Waals surface area contributed by atoms with Crippen LogP contribution in [0.2, 0.25) is 0 Å². The van der Waals surface area contributed by atoms with Crippen molar-refractivity contribution in [1.82, 2.24) is 0 Å². The summed E-state index contributed by atoms with van der Waals surface area (Å²) < 4.78 is 6.33. The molecule has 0 aromatic heterocycles. The maximum atomic E-state index is 11.9. The average Bonchev–Trinajstić information content (AvgIpc) is 3.27. The quantitative estimate of drug-likeness (QED) is 0.578. The number of rotatable bonds is 3. The van der Waals surface area contributed by atoms with E-state index in [-0.39, 0.29) is 28.3 Å². The topological polar surface area (TPSA) is 66.9 Å². The lowest BCUT2D eigenvalue weighted by molar-refractivity contribution is -0.131. The minimum Gasteiger partial charge on any atom is -0.478 e. The molecule has 0 aromatic rings. The Labute approximate surface area is 166 Å². The van der Waals surface area contributed by atoms with Crippen molar-refractivity contribution in [2.75, 3.05) is 0 Å². The summed E-state index contributed by atoms with van der Waals surface area (Å²) in [4.78, 5) is 22.7. The summed E-state index contributed by atoms with van der Waals surface area (Å²) in [5.41, 5.74) is 1.54. The Kier molecular flexibility index (Phi) is 3.88. The van der Waals surface area contributed by atoms with Gasteiger partial charge in [0.1, 0.15) is 5.60 Å². The van der Waals surface area contributed by atoms with E-state index in [9.17, 15) is 9.59 Å². The molecule has 1 heterocycles. The van der Waals surface area contributed by atoms with Crippen LogP contribution in [0.25, 0.3) is 0 Å². The number of epoxide rings is 1. The van der Waals surface area contributed by atoms with Crippen LogP contribution < -0.4 is 0 Å². The SMILES string of the molecule is C[C@]12C=CC(=O)C=C1CC[C@@H]1[C@@H]2CC[C@@]2(C)[C@H]1CC[C@@]21O[C@@H]1CC=CC(=O)O. The van der Waals surface area contributed by atoms with E-state index >= 15 is 0 Å². The van der Waals surface area contributed by atoms with Gasteiger partial charge in [0, 0.05) is 16.9 Å². The summed E-state index contributed by atoms with van der Waals surface area (Å²) in [5, 5.41) is 8.85. The first-order valence-corrected chi connectivity index (χ1v) is 10.8. The molecule has 150 valence electrons. The highest BCUT2D eigenvalue weighted by Gasteiger charge is 2.73. The fourth-order valence-electron chi connectivity index (χ4n) is 7.70. The zero-order valence-corrected chi connectivity index (χ0v) is 16.8. The zero-order chi connectivity index (χ0) is 19.7.